The molecular weight excluding hydrogens is 326 g/mol. The summed E-state index contributed by atoms with van der Waals surface area (Å²) in [6.07, 6.45) is 8.17. The molecule has 4 rings (SSSR count). The lowest BCUT2D eigenvalue weighted by atomic mass is 9.96. The summed E-state index contributed by atoms with van der Waals surface area (Å²) in [6, 6.07) is 10.8. The number of rotatable bonds is 5. The van der Waals surface area contributed by atoms with Crippen LogP contribution in [-0.2, 0) is 4.74 Å². The molecule has 6 heteroatoms. The molecule has 2 fully saturated rings. The van der Waals surface area contributed by atoms with Crippen molar-refractivity contribution in [2.75, 3.05) is 41.8 Å². The van der Waals surface area contributed by atoms with Crippen molar-refractivity contribution in [3.8, 4) is 0 Å². The molecule has 1 saturated heterocycles. The van der Waals surface area contributed by atoms with Crippen molar-refractivity contribution in [1.82, 2.24) is 9.97 Å². The number of nitrogens with one attached hydrogen (secondary N) is 2. The van der Waals surface area contributed by atoms with E-state index in [-0.39, 0.29) is 0 Å². The van der Waals surface area contributed by atoms with E-state index in [9.17, 15) is 0 Å². The first-order valence-corrected chi connectivity index (χ1v) is 9.67. The molecule has 2 N–H and O–H groups in total. The van der Waals surface area contributed by atoms with Crippen LogP contribution in [0.1, 0.15) is 32.1 Å². The summed E-state index contributed by atoms with van der Waals surface area (Å²) in [5.41, 5.74) is 2.26. The van der Waals surface area contributed by atoms with E-state index in [1.807, 2.05) is 12.3 Å². The number of morpholine rings is 1. The zero-order valence-corrected chi connectivity index (χ0v) is 15.2. The van der Waals surface area contributed by atoms with E-state index < -0.39 is 0 Å². The van der Waals surface area contributed by atoms with Gasteiger partial charge in [-0.2, -0.15) is 4.98 Å². The third-order valence-corrected chi connectivity index (χ3v) is 5.11. The molecule has 0 atom stereocenters. The van der Waals surface area contributed by atoms with Gasteiger partial charge in [-0.15, -0.1) is 0 Å². The van der Waals surface area contributed by atoms with E-state index in [0.717, 1.165) is 37.8 Å². The fourth-order valence-corrected chi connectivity index (χ4v) is 3.72. The molecule has 1 saturated carbocycles. The van der Waals surface area contributed by atoms with Gasteiger partial charge in [0.15, 0.2) is 0 Å². The zero-order valence-electron chi connectivity index (χ0n) is 15.2. The van der Waals surface area contributed by atoms with Crippen LogP contribution in [0.25, 0.3) is 0 Å². The van der Waals surface area contributed by atoms with Gasteiger partial charge in [-0.05, 0) is 31.0 Å². The first-order valence-electron chi connectivity index (χ1n) is 9.67. The van der Waals surface area contributed by atoms with Gasteiger partial charge < -0.3 is 20.3 Å². The van der Waals surface area contributed by atoms with Gasteiger partial charge in [-0.25, -0.2) is 4.98 Å². The highest BCUT2D eigenvalue weighted by Crippen LogP contribution is 2.29. The third-order valence-electron chi connectivity index (χ3n) is 5.11. The van der Waals surface area contributed by atoms with Gasteiger partial charge in [-0.1, -0.05) is 31.4 Å². The Kier molecular flexibility index (Phi) is 5.50. The van der Waals surface area contributed by atoms with Crippen molar-refractivity contribution in [3.63, 3.8) is 0 Å². The second-order valence-electron chi connectivity index (χ2n) is 6.99. The van der Waals surface area contributed by atoms with Crippen LogP contribution in [-0.4, -0.2) is 42.3 Å². The van der Waals surface area contributed by atoms with Gasteiger partial charge in [-0.3, -0.25) is 0 Å². The minimum atomic E-state index is 0.500. The van der Waals surface area contributed by atoms with E-state index >= 15 is 0 Å². The Labute approximate surface area is 155 Å². The lowest BCUT2D eigenvalue weighted by molar-refractivity contribution is 0.123. The van der Waals surface area contributed by atoms with Crippen molar-refractivity contribution in [2.24, 2.45) is 0 Å². The van der Waals surface area contributed by atoms with Crippen molar-refractivity contribution in [2.45, 2.75) is 38.1 Å². The number of nitrogens with zero attached hydrogens (tertiary/aromatic N) is 3. The summed E-state index contributed by atoms with van der Waals surface area (Å²) in [5.74, 6) is 1.53. The number of ether oxygens (including phenoxy) is 1. The van der Waals surface area contributed by atoms with Crippen molar-refractivity contribution in [1.29, 1.82) is 0 Å². The molecule has 1 aromatic heterocycles. The first kappa shape index (κ1) is 17.1. The number of hydrogen-bond donors (Lipinski definition) is 2. The second-order valence-corrected chi connectivity index (χ2v) is 6.99. The molecule has 2 aliphatic rings. The van der Waals surface area contributed by atoms with Crippen LogP contribution in [0.2, 0.25) is 0 Å². The number of anilines is 4. The summed E-state index contributed by atoms with van der Waals surface area (Å²) in [6.45, 7) is 3.38. The van der Waals surface area contributed by atoms with E-state index in [4.69, 9.17) is 4.74 Å². The summed E-state index contributed by atoms with van der Waals surface area (Å²) < 4.78 is 5.48. The predicted molar refractivity (Wildman–Crippen MR) is 105 cm³/mol. The molecule has 1 aliphatic carbocycles. The van der Waals surface area contributed by atoms with Gasteiger partial charge in [0.25, 0.3) is 0 Å². The van der Waals surface area contributed by atoms with Crippen molar-refractivity contribution < 1.29 is 4.74 Å². The van der Waals surface area contributed by atoms with Crippen LogP contribution in [0.4, 0.5) is 23.1 Å². The second kappa shape index (κ2) is 8.36. The molecule has 0 unspecified atom stereocenters. The van der Waals surface area contributed by atoms with E-state index in [0.29, 0.717) is 12.0 Å². The van der Waals surface area contributed by atoms with Gasteiger partial charge in [0.05, 0.1) is 24.6 Å². The monoisotopic (exact) mass is 353 g/mol. The average molecular weight is 353 g/mol. The molecule has 138 valence electrons. The summed E-state index contributed by atoms with van der Waals surface area (Å²) in [5, 5.41) is 6.97. The van der Waals surface area contributed by atoms with Crippen LogP contribution in [0.15, 0.2) is 36.5 Å². The molecule has 0 spiro atoms. The minimum Gasteiger partial charge on any atom is -0.378 e. The van der Waals surface area contributed by atoms with Crippen LogP contribution >= 0.6 is 0 Å². The number of benzene rings is 1. The Bertz CT molecular complexity index is 711. The molecular formula is C20H27N5O. The van der Waals surface area contributed by atoms with Crippen LogP contribution in [0, 0.1) is 0 Å². The summed E-state index contributed by atoms with van der Waals surface area (Å²) in [4.78, 5) is 11.4. The van der Waals surface area contributed by atoms with E-state index in [1.165, 1.54) is 37.8 Å². The molecule has 1 aromatic carbocycles. The smallest absolute Gasteiger partial charge is 0.224 e. The molecule has 1 aliphatic heterocycles. The van der Waals surface area contributed by atoms with Crippen LogP contribution < -0.4 is 15.5 Å². The molecule has 0 radical (unpaired) electrons. The lowest BCUT2D eigenvalue weighted by Gasteiger charge is -2.30. The van der Waals surface area contributed by atoms with Crippen molar-refractivity contribution in [3.05, 3.63) is 36.5 Å². The van der Waals surface area contributed by atoms with Gasteiger partial charge in [0.1, 0.15) is 5.82 Å². The largest absolute Gasteiger partial charge is 0.378 e. The Hall–Kier alpha value is -2.34. The van der Waals surface area contributed by atoms with Crippen LogP contribution in [0.5, 0.6) is 0 Å². The molecule has 0 bridgehead atoms. The first-order chi connectivity index (χ1) is 12.9. The molecule has 26 heavy (non-hydrogen) atoms. The topological polar surface area (TPSA) is 62.3 Å². The number of aromatic nitrogens is 2. The number of hydrogen-bond acceptors (Lipinski definition) is 6. The Morgan fingerprint density at radius 2 is 1.81 bits per heavy atom. The van der Waals surface area contributed by atoms with E-state index in [2.05, 4.69) is 49.8 Å². The minimum absolute atomic E-state index is 0.500. The highest BCUT2D eigenvalue weighted by Gasteiger charge is 2.16. The Morgan fingerprint density at radius 1 is 1.00 bits per heavy atom. The third kappa shape index (κ3) is 4.25. The summed E-state index contributed by atoms with van der Waals surface area (Å²) in [7, 11) is 0. The van der Waals surface area contributed by atoms with Crippen molar-refractivity contribution >= 4 is 23.1 Å². The fraction of sp³-hybridized carbons (Fsp3) is 0.500. The highest BCUT2D eigenvalue weighted by molar-refractivity contribution is 5.74. The maximum Gasteiger partial charge on any atom is 0.224 e. The predicted octanol–water partition coefficient (Wildman–Crippen LogP) is 3.80. The summed E-state index contributed by atoms with van der Waals surface area (Å²) >= 11 is 0. The standard InChI is InChI=1S/C20H27N5O/c1-2-6-16(7-3-1)22-20-21-11-10-19(24-20)23-17-8-4-5-9-18(17)25-12-14-26-15-13-25/h4-5,8-11,16H,1-3,6-7,12-15H2,(H2,21,22,23,24). The quantitative estimate of drug-likeness (QED) is 0.852. The van der Waals surface area contributed by atoms with E-state index in [1.54, 1.807) is 0 Å². The molecule has 6 nitrogen and oxygen atoms in total. The normalized spacial score (nSPS) is 18.5. The number of para-hydroxylation sites is 2. The Balaban J connectivity index is 1.48. The molecule has 2 heterocycles. The maximum absolute atomic E-state index is 5.48. The Morgan fingerprint density at radius 3 is 2.65 bits per heavy atom. The van der Waals surface area contributed by atoms with Crippen LogP contribution in [0.3, 0.4) is 0 Å². The average Bonchev–Trinajstić information content (AvgIpc) is 2.70. The van der Waals surface area contributed by atoms with Gasteiger partial charge in [0, 0.05) is 25.3 Å². The molecule has 2 aromatic rings. The fourth-order valence-electron chi connectivity index (χ4n) is 3.72. The SMILES string of the molecule is c1ccc(N2CCOCC2)c(Nc2ccnc(NC3CCCCC3)n2)c1. The molecule has 0 amide bonds. The zero-order chi connectivity index (χ0) is 17.6. The van der Waals surface area contributed by atoms with Gasteiger partial charge >= 0.3 is 0 Å². The highest BCUT2D eigenvalue weighted by atomic mass is 16.5. The van der Waals surface area contributed by atoms with Gasteiger partial charge in [0.2, 0.25) is 5.95 Å². The maximum atomic E-state index is 5.48. The lowest BCUT2D eigenvalue weighted by Crippen LogP contribution is -2.36.